The van der Waals surface area contributed by atoms with Crippen LogP contribution in [0.2, 0.25) is 0 Å². The molecule has 2 saturated heterocycles. The first kappa shape index (κ1) is 24.6. The van der Waals surface area contributed by atoms with Gasteiger partial charge in [-0.3, -0.25) is 19.3 Å². The maximum absolute atomic E-state index is 14.0. The van der Waals surface area contributed by atoms with Gasteiger partial charge in [0.1, 0.15) is 11.5 Å². The molecule has 1 spiro atoms. The molecule has 1 aliphatic carbocycles. The smallest absolute Gasteiger partial charge is 0.242 e. The molecule has 3 amide bonds. The Balaban J connectivity index is 1.29. The van der Waals surface area contributed by atoms with Crippen LogP contribution in [-0.2, 0) is 26.3 Å². The summed E-state index contributed by atoms with van der Waals surface area (Å²) in [4.78, 5) is 44.7. The van der Waals surface area contributed by atoms with Crippen molar-refractivity contribution in [2.24, 2.45) is 11.3 Å². The molecule has 6 rings (SSSR count). The van der Waals surface area contributed by atoms with Gasteiger partial charge in [0.15, 0.2) is 0 Å². The minimum absolute atomic E-state index is 0.0541. The number of nitriles is 1. The Morgan fingerprint density at radius 3 is 2.61 bits per heavy atom. The average molecular weight is 514 g/mol. The zero-order valence-electron chi connectivity index (χ0n) is 21.1. The number of aliphatic hydroxyl groups excluding tert-OH is 1. The third kappa shape index (κ3) is 3.96. The molecular weight excluding hydrogens is 482 g/mol. The molecule has 2 aromatic rings. The van der Waals surface area contributed by atoms with E-state index in [1.807, 2.05) is 53.4 Å². The van der Waals surface area contributed by atoms with E-state index < -0.39 is 28.9 Å². The number of aliphatic hydroxyl groups is 1. The van der Waals surface area contributed by atoms with Crippen molar-refractivity contribution in [3.05, 3.63) is 65.7 Å². The Morgan fingerprint density at radius 1 is 1.13 bits per heavy atom. The van der Waals surface area contributed by atoms with Gasteiger partial charge in [-0.15, -0.1) is 0 Å². The highest BCUT2D eigenvalue weighted by Crippen LogP contribution is 2.48. The van der Waals surface area contributed by atoms with E-state index in [1.165, 1.54) is 0 Å². The SMILES string of the molecule is N#CC1(CNC(=O)C2CN(C(=O)[C@@H]3[C@H](O)CCN3Cc3ccccc3)CC23C(=O)Nc2ccccc23)CC1. The lowest BCUT2D eigenvalue weighted by Crippen LogP contribution is -2.50. The number of carbonyl (C=O) groups is 3. The molecule has 3 fully saturated rings. The molecule has 0 bridgehead atoms. The quantitative estimate of drug-likeness (QED) is 0.536. The van der Waals surface area contributed by atoms with Crippen molar-refractivity contribution in [3.63, 3.8) is 0 Å². The highest BCUT2D eigenvalue weighted by Gasteiger charge is 2.61. The third-order valence-corrected chi connectivity index (χ3v) is 8.77. The summed E-state index contributed by atoms with van der Waals surface area (Å²) in [5.74, 6) is -1.72. The number of carbonyl (C=O) groups excluding carboxylic acids is 3. The molecule has 0 aromatic heterocycles. The molecule has 4 atom stereocenters. The van der Waals surface area contributed by atoms with E-state index in [9.17, 15) is 24.8 Å². The third-order valence-electron chi connectivity index (χ3n) is 8.77. The molecule has 2 aromatic carbocycles. The van der Waals surface area contributed by atoms with Crippen LogP contribution in [-0.4, -0.2) is 71.0 Å². The first-order valence-corrected chi connectivity index (χ1v) is 13.2. The van der Waals surface area contributed by atoms with Crippen LogP contribution in [0.1, 0.15) is 30.4 Å². The lowest BCUT2D eigenvalue weighted by atomic mass is 9.73. The zero-order chi connectivity index (χ0) is 26.5. The molecule has 2 unspecified atom stereocenters. The Bertz CT molecular complexity index is 1320. The molecule has 3 aliphatic heterocycles. The Hall–Kier alpha value is -3.74. The first-order chi connectivity index (χ1) is 18.4. The number of hydrogen-bond acceptors (Lipinski definition) is 6. The molecule has 3 heterocycles. The van der Waals surface area contributed by atoms with E-state index in [0.717, 1.165) is 18.4 Å². The minimum Gasteiger partial charge on any atom is -0.391 e. The molecule has 9 nitrogen and oxygen atoms in total. The Morgan fingerprint density at radius 2 is 1.87 bits per heavy atom. The predicted octanol–water partition coefficient (Wildman–Crippen LogP) is 1.39. The van der Waals surface area contributed by atoms with Crippen molar-refractivity contribution in [2.45, 2.75) is 43.4 Å². The van der Waals surface area contributed by atoms with Gasteiger partial charge in [0.2, 0.25) is 17.7 Å². The summed E-state index contributed by atoms with van der Waals surface area (Å²) in [6, 6.07) is 18.6. The van der Waals surface area contributed by atoms with Gasteiger partial charge in [0, 0.05) is 38.4 Å². The number of rotatable bonds is 6. The normalized spacial score (nSPS) is 29.1. The largest absolute Gasteiger partial charge is 0.391 e. The van der Waals surface area contributed by atoms with Crippen molar-refractivity contribution >= 4 is 23.4 Å². The van der Waals surface area contributed by atoms with Crippen LogP contribution in [0.4, 0.5) is 5.69 Å². The highest BCUT2D eigenvalue weighted by atomic mass is 16.3. The van der Waals surface area contributed by atoms with Gasteiger partial charge < -0.3 is 20.6 Å². The molecule has 196 valence electrons. The number of amides is 3. The maximum atomic E-state index is 14.0. The summed E-state index contributed by atoms with van der Waals surface area (Å²) in [6.45, 7) is 1.46. The average Bonchev–Trinajstić information content (AvgIpc) is 3.33. The van der Waals surface area contributed by atoms with Crippen molar-refractivity contribution in [2.75, 3.05) is 31.5 Å². The van der Waals surface area contributed by atoms with Crippen LogP contribution in [0, 0.1) is 22.7 Å². The number of para-hydroxylation sites is 1. The van der Waals surface area contributed by atoms with Gasteiger partial charge in [-0.2, -0.15) is 5.26 Å². The molecular formula is C29H31N5O4. The monoisotopic (exact) mass is 513 g/mol. The maximum Gasteiger partial charge on any atom is 0.242 e. The van der Waals surface area contributed by atoms with Crippen LogP contribution >= 0.6 is 0 Å². The van der Waals surface area contributed by atoms with Gasteiger partial charge in [-0.1, -0.05) is 48.5 Å². The van der Waals surface area contributed by atoms with Gasteiger partial charge in [0.05, 0.1) is 23.5 Å². The van der Waals surface area contributed by atoms with E-state index in [4.69, 9.17) is 0 Å². The van der Waals surface area contributed by atoms with E-state index in [-0.39, 0.29) is 37.4 Å². The minimum atomic E-state index is -1.23. The van der Waals surface area contributed by atoms with Gasteiger partial charge in [0.25, 0.3) is 0 Å². The number of likely N-dealkylation sites (tertiary alicyclic amines) is 2. The fraction of sp³-hybridized carbons (Fsp3) is 0.448. The molecule has 3 N–H and O–H groups in total. The van der Waals surface area contributed by atoms with Gasteiger partial charge in [-0.25, -0.2) is 0 Å². The summed E-state index contributed by atoms with van der Waals surface area (Å²) in [7, 11) is 0. The highest BCUT2D eigenvalue weighted by molar-refractivity contribution is 6.10. The number of benzene rings is 2. The molecule has 38 heavy (non-hydrogen) atoms. The fourth-order valence-corrected chi connectivity index (χ4v) is 6.37. The Labute approximate surface area is 221 Å². The number of nitrogens with one attached hydrogen (secondary N) is 2. The lowest BCUT2D eigenvalue weighted by Gasteiger charge is -2.30. The van der Waals surface area contributed by atoms with Crippen LogP contribution in [0.25, 0.3) is 0 Å². The summed E-state index contributed by atoms with van der Waals surface area (Å²) >= 11 is 0. The molecule has 0 radical (unpaired) electrons. The summed E-state index contributed by atoms with van der Waals surface area (Å²) in [5, 5.41) is 26.1. The Kier molecular flexibility index (Phi) is 5.97. The zero-order valence-corrected chi connectivity index (χ0v) is 21.1. The van der Waals surface area contributed by atoms with Crippen molar-refractivity contribution in [1.82, 2.24) is 15.1 Å². The van der Waals surface area contributed by atoms with Crippen LogP contribution < -0.4 is 10.6 Å². The number of hydrogen-bond donors (Lipinski definition) is 3. The summed E-state index contributed by atoms with van der Waals surface area (Å²) in [6.07, 6.45) is 1.13. The number of fused-ring (bicyclic) bond motifs is 2. The second kappa shape index (κ2) is 9.22. The molecule has 4 aliphatic rings. The van der Waals surface area contributed by atoms with Crippen molar-refractivity contribution in [3.8, 4) is 6.07 Å². The topological polar surface area (TPSA) is 126 Å². The van der Waals surface area contributed by atoms with E-state index in [2.05, 4.69) is 16.7 Å². The lowest BCUT2D eigenvalue weighted by molar-refractivity contribution is -0.138. The fourth-order valence-electron chi connectivity index (χ4n) is 6.37. The number of nitrogens with zero attached hydrogens (tertiary/aromatic N) is 3. The molecule has 1 saturated carbocycles. The van der Waals surface area contributed by atoms with Crippen molar-refractivity contribution in [1.29, 1.82) is 5.26 Å². The van der Waals surface area contributed by atoms with E-state index >= 15 is 0 Å². The van der Waals surface area contributed by atoms with E-state index in [0.29, 0.717) is 30.8 Å². The van der Waals surface area contributed by atoms with Crippen LogP contribution in [0.3, 0.4) is 0 Å². The summed E-state index contributed by atoms with van der Waals surface area (Å²) < 4.78 is 0. The van der Waals surface area contributed by atoms with Crippen molar-refractivity contribution < 1.29 is 19.5 Å². The van der Waals surface area contributed by atoms with E-state index in [1.54, 1.807) is 11.0 Å². The number of anilines is 1. The predicted molar refractivity (Wildman–Crippen MR) is 138 cm³/mol. The van der Waals surface area contributed by atoms with Crippen LogP contribution in [0.15, 0.2) is 54.6 Å². The van der Waals surface area contributed by atoms with Gasteiger partial charge in [-0.05, 0) is 36.5 Å². The second-order valence-corrected chi connectivity index (χ2v) is 11.1. The summed E-state index contributed by atoms with van der Waals surface area (Å²) in [5.41, 5.74) is 0.638. The first-order valence-electron chi connectivity index (χ1n) is 13.2. The van der Waals surface area contributed by atoms with Gasteiger partial charge >= 0.3 is 0 Å². The standard InChI is InChI=1S/C29H31N5O4/c30-16-28(11-12-28)17-31-25(36)21-15-34(18-29(21)20-8-4-5-9-22(20)32-27(29)38)26(37)24-23(35)10-13-33(24)14-19-6-2-1-3-7-19/h1-9,21,23-24,35H,10-15,17-18H2,(H,31,36)(H,32,38)/t21?,23-,24+,29?/m1/s1. The van der Waals surface area contributed by atoms with Crippen LogP contribution in [0.5, 0.6) is 0 Å². The second-order valence-electron chi connectivity index (χ2n) is 11.1. The molecule has 9 heteroatoms.